The van der Waals surface area contributed by atoms with Crippen LogP contribution in [0.5, 0.6) is 11.5 Å². The van der Waals surface area contributed by atoms with Gasteiger partial charge in [0.15, 0.2) is 5.58 Å². The third-order valence-corrected chi connectivity index (χ3v) is 6.14. The fourth-order valence-corrected chi connectivity index (χ4v) is 4.44. The number of aromatic hydroxyl groups is 1. The number of fused-ring (bicyclic) bond motifs is 4. The molecule has 2 N–H and O–H groups in total. The maximum atomic E-state index is 13.7. The third kappa shape index (κ3) is 3.54. The van der Waals surface area contributed by atoms with Gasteiger partial charge in [-0.15, -0.1) is 0 Å². The van der Waals surface area contributed by atoms with Crippen molar-refractivity contribution in [3.8, 4) is 22.6 Å². The quantitative estimate of drug-likeness (QED) is 0.464. The summed E-state index contributed by atoms with van der Waals surface area (Å²) in [6.07, 6.45) is 8.51. The summed E-state index contributed by atoms with van der Waals surface area (Å²) in [5.74, 6) is 0.474. The largest absolute Gasteiger partial charge is 0.507 e. The van der Waals surface area contributed by atoms with Crippen molar-refractivity contribution in [2.24, 2.45) is 0 Å². The Labute approximate surface area is 192 Å². The molecular weight excluding hydrogens is 414 g/mol. The smallest absolute Gasteiger partial charge is 0.204 e. The van der Waals surface area contributed by atoms with Crippen LogP contribution in [-0.2, 0) is 12.8 Å². The molecule has 2 aromatic carbocycles. The molecule has 5 rings (SSSR count). The van der Waals surface area contributed by atoms with Crippen LogP contribution in [0.25, 0.3) is 28.2 Å². The van der Waals surface area contributed by atoms with E-state index in [1.165, 1.54) is 6.26 Å². The minimum Gasteiger partial charge on any atom is -0.507 e. The van der Waals surface area contributed by atoms with E-state index in [2.05, 4.69) is 11.9 Å². The van der Waals surface area contributed by atoms with Gasteiger partial charge in [-0.25, -0.2) is 0 Å². The van der Waals surface area contributed by atoms with Gasteiger partial charge in [0.05, 0.1) is 11.1 Å². The Morgan fingerprint density at radius 2 is 2.09 bits per heavy atom. The number of phenols is 1. The van der Waals surface area contributed by atoms with Gasteiger partial charge in [0.2, 0.25) is 5.43 Å². The molecule has 5 heteroatoms. The molecule has 0 amide bonds. The Kier molecular flexibility index (Phi) is 4.74. The molecule has 2 aliphatic rings. The van der Waals surface area contributed by atoms with Gasteiger partial charge in [-0.3, -0.25) is 4.79 Å². The third-order valence-electron chi connectivity index (χ3n) is 6.14. The molecule has 0 radical (unpaired) electrons. The van der Waals surface area contributed by atoms with E-state index in [0.29, 0.717) is 40.9 Å². The second kappa shape index (κ2) is 7.41. The van der Waals surface area contributed by atoms with Crippen LogP contribution in [0.1, 0.15) is 44.4 Å². The zero-order valence-corrected chi connectivity index (χ0v) is 19.3. The number of ether oxygens (including phenoxy) is 1. The fourth-order valence-electron chi connectivity index (χ4n) is 4.44. The molecule has 0 bridgehead atoms. The van der Waals surface area contributed by atoms with E-state index < -0.39 is 5.60 Å². The number of anilines is 1. The Balaban J connectivity index is 1.76. The van der Waals surface area contributed by atoms with E-state index in [9.17, 15) is 9.90 Å². The Hall–Kier alpha value is -3.73. The van der Waals surface area contributed by atoms with Gasteiger partial charge in [-0.2, -0.15) is 0 Å². The standard InChI is InChI=1S/C28H27NO4/c1-15(2)6-8-19-24(30)23-25(31)21(17-7-9-22-18(13-17)12-16(3)29-22)14-32-27(23)20-10-11-28(4,5)33-26(19)20/h6-7,9-11,13-14,29-30H,3,8,12H2,1-2,4-5H3. The maximum Gasteiger partial charge on any atom is 0.204 e. The predicted octanol–water partition coefficient (Wildman–Crippen LogP) is 6.34. The maximum absolute atomic E-state index is 13.7. The number of hydrogen-bond donors (Lipinski definition) is 2. The van der Waals surface area contributed by atoms with Gasteiger partial charge in [-0.1, -0.05) is 24.3 Å². The van der Waals surface area contributed by atoms with E-state index in [-0.39, 0.29) is 16.6 Å². The van der Waals surface area contributed by atoms with Gasteiger partial charge in [-0.05, 0) is 69.5 Å². The van der Waals surface area contributed by atoms with Crippen molar-refractivity contribution in [3.05, 3.63) is 81.4 Å². The highest BCUT2D eigenvalue weighted by atomic mass is 16.5. The molecule has 3 heterocycles. The molecule has 0 saturated heterocycles. The summed E-state index contributed by atoms with van der Waals surface area (Å²) in [6, 6.07) is 5.80. The lowest BCUT2D eigenvalue weighted by Crippen LogP contribution is -2.28. The van der Waals surface area contributed by atoms with Crippen LogP contribution in [0.15, 0.2) is 63.7 Å². The predicted molar refractivity (Wildman–Crippen MR) is 133 cm³/mol. The lowest BCUT2D eigenvalue weighted by Gasteiger charge is -2.30. The summed E-state index contributed by atoms with van der Waals surface area (Å²) in [5.41, 5.74) is 6.08. The molecule has 3 aromatic rings. The molecule has 0 aliphatic carbocycles. The molecule has 2 aliphatic heterocycles. The van der Waals surface area contributed by atoms with Crippen LogP contribution < -0.4 is 15.5 Å². The highest BCUT2D eigenvalue weighted by molar-refractivity contribution is 5.97. The highest BCUT2D eigenvalue weighted by Crippen LogP contribution is 2.45. The zero-order chi connectivity index (χ0) is 23.5. The second-order valence-electron chi connectivity index (χ2n) is 9.55. The second-order valence-corrected chi connectivity index (χ2v) is 9.55. The summed E-state index contributed by atoms with van der Waals surface area (Å²) < 4.78 is 12.2. The number of allylic oxidation sites excluding steroid dienone is 3. The summed E-state index contributed by atoms with van der Waals surface area (Å²) in [6.45, 7) is 11.9. The van der Waals surface area contributed by atoms with Gasteiger partial charge < -0.3 is 19.6 Å². The molecule has 0 saturated carbocycles. The first-order valence-electron chi connectivity index (χ1n) is 11.1. The van der Waals surface area contributed by atoms with Crippen molar-refractivity contribution >= 4 is 22.7 Å². The average molecular weight is 442 g/mol. The van der Waals surface area contributed by atoms with Crippen molar-refractivity contribution < 1.29 is 14.3 Å². The first-order valence-corrected chi connectivity index (χ1v) is 11.1. The zero-order valence-electron chi connectivity index (χ0n) is 19.3. The summed E-state index contributed by atoms with van der Waals surface area (Å²) >= 11 is 0. The fraction of sp³-hybridized carbons (Fsp3) is 0.250. The SMILES string of the molecule is C=C1Cc2cc(-c3coc4c5c(c(CC=C(C)C)c(O)c4c3=O)OC(C)(C)C=C5)ccc2N1. The molecule has 0 spiro atoms. The molecule has 168 valence electrons. The molecule has 5 nitrogen and oxygen atoms in total. The lowest BCUT2D eigenvalue weighted by molar-refractivity contribution is 0.157. The van der Waals surface area contributed by atoms with E-state index in [4.69, 9.17) is 9.15 Å². The molecular formula is C28H27NO4. The van der Waals surface area contributed by atoms with Gasteiger partial charge >= 0.3 is 0 Å². The molecule has 0 unspecified atom stereocenters. The number of nitrogens with one attached hydrogen (secondary N) is 1. The average Bonchev–Trinajstić information content (AvgIpc) is 3.11. The minimum atomic E-state index is -0.532. The van der Waals surface area contributed by atoms with Crippen LogP contribution >= 0.6 is 0 Å². The van der Waals surface area contributed by atoms with Crippen molar-refractivity contribution in [2.75, 3.05) is 5.32 Å². The van der Waals surface area contributed by atoms with E-state index in [0.717, 1.165) is 28.1 Å². The van der Waals surface area contributed by atoms with Gasteiger partial charge in [0, 0.05) is 23.4 Å². The molecule has 0 fully saturated rings. The highest BCUT2D eigenvalue weighted by Gasteiger charge is 2.30. The first-order chi connectivity index (χ1) is 15.6. The van der Waals surface area contributed by atoms with Gasteiger partial charge in [0.25, 0.3) is 0 Å². The van der Waals surface area contributed by atoms with Crippen molar-refractivity contribution in [2.45, 2.75) is 46.1 Å². The summed E-state index contributed by atoms with van der Waals surface area (Å²) in [4.78, 5) is 13.7. The van der Waals surface area contributed by atoms with Crippen molar-refractivity contribution in [3.63, 3.8) is 0 Å². The Bertz CT molecular complexity index is 1450. The Morgan fingerprint density at radius 1 is 1.30 bits per heavy atom. The van der Waals surface area contributed by atoms with E-state index in [1.54, 1.807) is 0 Å². The Morgan fingerprint density at radius 3 is 2.85 bits per heavy atom. The number of hydrogen-bond acceptors (Lipinski definition) is 5. The molecule has 0 atom stereocenters. The number of benzene rings is 2. The first kappa shape index (κ1) is 21.1. The summed E-state index contributed by atoms with van der Waals surface area (Å²) in [7, 11) is 0. The van der Waals surface area contributed by atoms with Crippen molar-refractivity contribution in [1.82, 2.24) is 0 Å². The van der Waals surface area contributed by atoms with E-state index >= 15 is 0 Å². The van der Waals surface area contributed by atoms with Crippen LogP contribution in [0.3, 0.4) is 0 Å². The van der Waals surface area contributed by atoms with E-state index in [1.807, 2.05) is 64.1 Å². The monoisotopic (exact) mass is 441 g/mol. The van der Waals surface area contributed by atoms with Crippen LogP contribution in [0, 0.1) is 0 Å². The number of phenolic OH excluding ortho intramolecular Hbond substituents is 1. The summed E-state index contributed by atoms with van der Waals surface area (Å²) in [5, 5.41) is 14.7. The van der Waals surface area contributed by atoms with Crippen LogP contribution in [0.2, 0.25) is 0 Å². The molecule has 33 heavy (non-hydrogen) atoms. The van der Waals surface area contributed by atoms with Crippen LogP contribution in [0.4, 0.5) is 5.69 Å². The topological polar surface area (TPSA) is 71.7 Å². The van der Waals surface area contributed by atoms with Crippen molar-refractivity contribution in [1.29, 1.82) is 0 Å². The molecule has 1 aromatic heterocycles. The number of rotatable bonds is 3. The minimum absolute atomic E-state index is 0.0841. The lowest BCUT2D eigenvalue weighted by atomic mass is 9.93. The normalized spacial score (nSPS) is 15.6. The van der Waals surface area contributed by atoms with Gasteiger partial charge in [0.1, 0.15) is 28.7 Å². The van der Waals surface area contributed by atoms with Crippen LogP contribution in [-0.4, -0.2) is 10.7 Å².